The normalized spacial score (nSPS) is 12.6. The summed E-state index contributed by atoms with van der Waals surface area (Å²) in [6.07, 6.45) is 4.30. The Labute approximate surface area is 190 Å². The van der Waals surface area contributed by atoms with E-state index in [-0.39, 0.29) is 25.8 Å². The summed E-state index contributed by atoms with van der Waals surface area (Å²) in [6, 6.07) is -0.720. The molecule has 0 saturated carbocycles. The lowest BCUT2D eigenvalue weighted by Crippen LogP contribution is -2.47. The molecule has 0 aromatic rings. The van der Waals surface area contributed by atoms with Gasteiger partial charge in [-0.15, -0.1) is 0 Å². The predicted octanol–water partition coefficient (Wildman–Crippen LogP) is -0.671. The molecule has 0 unspecified atom stereocenters. The maximum Gasteiger partial charge on any atom is 0.410 e. The van der Waals surface area contributed by atoms with E-state index in [9.17, 15) is 14.4 Å². The van der Waals surface area contributed by atoms with E-state index in [1.807, 2.05) is 0 Å². The highest BCUT2D eigenvalue weighted by Crippen LogP contribution is 2.05. The van der Waals surface area contributed by atoms with Crippen molar-refractivity contribution in [2.75, 3.05) is 45.9 Å². The molecule has 0 aliphatic carbocycles. The van der Waals surface area contributed by atoms with Crippen LogP contribution in [0.15, 0.2) is 0 Å². The molecule has 2 atom stereocenters. The number of carbonyl (C=O) groups excluding carboxylic acids is 3. The number of primary amides is 1. The Morgan fingerprint density at radius 3 is 2.00 bits per heavy atom. The molecule has 0 heterocycles. The van der Waals surface area contributed by atoms with Crippen LogP contribution in [0.3, 0.4) is 0 Å². The summed E-state index contributed by atoms with van der Waals surface area (Å²) in [4.78, 5) is 37.3. The van der Waals surface area contributed by atoms with Crippen molar-refractivity contribution in [1.29, 1.82) is 0 Å². The molecular formula is C20H43N7O5. The van der Waals surface area contributed by atoms with E-state index in [4.69, 9.17) is 38.1 Å². The number of amides is 3. The van der Waals surface area contributed by atoms with Crippen molar-refractivity contribution in [1.82, 2.24) is 10.2 Å². The minimum atomic E-state index is -0.919. The van der Waals surface area contributed by atoms with Crippen LogP contribution >= 0.6 is 0 Å². The summed E-state index contributed by atoms with van der Waals surface area (Å²) >= 11 is 0. The van der Waals surface area contributed by atoms with Gasteiger partial charge in [0.2, 0.25) is 5.91 Å². The summed E-state index contributed by atoms with van der Waals surface area (Å²) in [7, 11) is 0. The molecule has 0 bridgehead atoms. The van der Waals surface area contributed by atoms with Crippen molar-refractivity contribution in [3.63, 3.8) is 0 Å². The van der Waals surface area contributed by atoms with Crippen molar-refractivity contribution in [2.24, 2.45) is 28.7 Å². The molecule has 0 aromatic heterocycles. The van der Waals surface area contributed by atoms with Crippen LogP contribution in [0.2, 0.25) is 0 Å². The fourth-order valence-corrected chi connectivity index (χ4v) is 2.95. The Morgan fingerprint density at radius 2 is 1.41 bits per heavy atom. The molecule has 188 valence electrons. The Kier molecular flexibility index (Phi) is 18.2. The first-order chi connectivity index (χ1) is 15.3. The second-order valence-electron chi connectivity index (χ2n) is 7.72. The molecule has 0 rings (SSSR count). The van der Waals surface area contributed by atoms with Gasteiger partial charge in [-0.25, -0.2) is 9.59 Å². The van der Waals surface area contributed by atoms with Crippen molar-refractivity contribution < 1.29 is 23.9 Å². The second-order valence-corrected chi connectivity index (χ2v) is 7.72. The molecule has 0 aromatic carbocycles. The van der Waals surface area contributed by atoms with Gasteiger partial charge < -0.3 is 43.5 Å². The first-order valence-corrected chi connectivity index (χ1v) is 11.3. The topological polar surface area (TPSA) is 215 Å². The third-order valence-electron chi connectivity index (χ3n) is 4.72. The van der Waals surface area contributed by atoms with E-state index in [2.05, 4.69) is 5.32 Å². The molecule has 0 radical (unpaired) electrons. The van der Waals surface area contributed by atoms with Gasteiger partial charge >= 0.3 is 12.2 Å². The van der Waals surface area contributed by atoms with Gasteiger partial charge in [-0.05, 0) is 58.2 Å². The fourth-order valence-electron chi connectivity index (χ4n) is 2.95. The van der Waals surface area contributed by atoms with Crippen molar-refractivity contribution >= 4 is 18.1 Å². The van der Waals surface area contributed by atoms with Crippen molar-refractivity contribution in [3.8, 4) is 0 Å². The average molecular weight is 462 g/mol. The second kappa shape index (κ2) is 19.5. The molecule has 12 heteroatoms. The lowest BCUT2D eigenvalue weighted by atomic mass is 10.1. The highest BCUT2D eigenvalue weighted by atomic mass is 16.6. The Bertz CT molecular complexity index is 525. The van der Waals surface area contributed by atoms with Gasteiger partial charge in [0.1, 0.15) is 19.8 Å². The van der Waals surface area contributed by atoms with Gasteiger partial charge in [0.25, 0.3) is 0 Å². The first-order valence-electron chi connectivity index (χ1n) is 11.3. The number of rotatable bonds is 19. The maximum atomic E-state index is 12.6. The average Bonchev–Trinajstić information content (AvgIpc) is 2.75. The van der Waals surface area contributed by atoms with Gasteiger partial charge in [-0.3, -0.25) is 9.69 Å². The standard InChI is InChI=1S/C20H43N7O5/c21-9-3-1-7-16(24)14-32-20(30)27(12-6-5-11-23)13-18(28)26-17(8-2-4-10-22)15-31-19(25)29/h16-17H,1-15,21-24H2,(H2,25,29)(H,26,28)/t16-,17+/m0/s1. The SMILES string of the molecule is NCCCC[C@H](N)COC(=O)N(CCCCN)CC(=O)N[C@H](CCCCN)COC(N)=O. The van der Waals surface area contributed by atoms with Crippen molar-refractivity contribution in [2.45, 2.75) is 63.5 Å². The highest BCUT2D eigenvalue weighted by Gasteiger charge is 2.21. The number of carbonyl (C=O) groups is 3. The zero-order valence-corrected chi connectivity index (χ0v) is 19.1. The Balaban J connectivity index is 4.79. The summed E-state index contributed by atoms with van der Waals surface area (Å²) < 4.78 is 10.1. The maximum absolute atomic E-state index is 12.6. The molecule has 0 aliphatic heterocycles. The molecule has 0 fully saturated rings. The lowest BCUT2D eigenvalue weighted by Gasteiger charge is -2.24. The fraction of sp³-hybridized carbons (Fsp3) is 0.850. The van der Waals surface area contributed by atoms with E-state index in [1.54, 1.807) is 0 Å². The first kappa shape index (κ1) is 29.9. The predicted molar refractivity (Wildman–Crippen MR) is 122 cm³/mol. The molecule has 11 N–H and O–H groups in total. The summed E-state index contributed by atoms with van der Waals surface area (Å²) in [5, 5.41) is 2.78. The van der Waals surface area contributed by atoms with Gasteiger partial charge in [0.15, 0.2) is 0 Å². The molecule has 3 amide bonds. The van der Waals surface area contributed by atoms with Gasteiger partial charge in [0.05, 0.1) is 6.04 Å². The van der Waals surface area contributed by atoms with E-state index < -0.39 is 24.1 Å². The summed E-state index contributed by atoms with van der Waals surface area (Å²) in [5.41, 5.74) is 27.5. The minimum Gasteiger partial charge on any atom is -0.448 e. The molecule has 0 spiro atoms. The molecule has 0 aliphatic rings. The van der Waals surface area contributed by atoms with Gasteiger partial charge in [0, 0.05) is 12.6 Å². The largest absolute Gasteiger partial charge is 0.448 e. The highest BCUT2D eigenvalue weighted by molar-refractivity contribution is 5.82. The van der Waals surface area contributed by atoms with Crippen LogP contribution in [0, 0.1) is 0 Å². The molecule has 32 heavy (non-hydrogen) atoms. The number of unbranched alkanes of at least 4 members (excludes halogenated alkanes) is 3. The third kappa shape index (κ3) is 16.5. The summed E-state index contributed by atoms with van der Waals surface area (Å²) in [6.45, 7) is 1.72. The number of hydrogen-bond donors (Lipinski definition) is 6. The quantitative estimate of drug-likeness (QED) is 0.134. The number of nitrogens with one attached hydrogen (secondary N) is 1. The van der Waals surface area contributed by atoms with Gasteiger partial charge in [-0.1, -0.05) is 12.8 Å². The number of hydrogen-bond acceptors (Lipinski definition) is 9. The van der Waals surface area contributed by atoms with Crippen molar-refractivity contribution in [3.05, 3.63) is 0 Å². The third-order valence-corrected chi connectivity index (χ3v) is 4.72. The van der Waals surface area contributed by atoms with Gasteiger partial charge in [-0.2, -0.15) is 0 Å². The van der Waals surface area contributed by atoms with Crippen LogP contribution in [0.1, 0.15) is 51.4 Å². The monoisotopic (exact) mass is 461 g/mol. The van der Waals surface area contributed by atoms with Crippen LogP contribution in [0.25, 0.3) is 0 Å². The van der Waals surface area contributed by atoms with E-state index in [0.29, 0.717) is 51.9 Å². The zero-order valence-electron chi connectivity index (χ0n) is 19.1. The molecular weight excluding hydrogens is 418 g/mol. The Hall–Kier alpha value is -2.15. The van der Waals surface area contributed by atoms with E-state index >= 15 is 0 Å². The number of nitrogens with two attached hydrogens (primary N) is 5. The molecule has 12 nitrogen and oxygen atoms in total. The van der Waals surface area contributed by atoms with Crippen LogP contribution in [0.4, 0.5) is 9.59 Å². The number of nitrogens with zero attached hydrogens (tertiary/aromatic N) is 1. The van der Waals surface area contributed by atoms with Crippen LogP contribution in [-0.4, -0.2) is 81.0 Å². The Morgan fingerprint density at radius 1 is 0.812 bits per heavy atom. The minimum absolute atomic E-state index is 0.0546. The lowest BCUT2D eigenvalue weighted by molar-refractivity contribution is -0.123. The zero-order chi connectivity index (χ0) is 24.2. The van der Waals surface area contributed by atoms with E-state index in [0.717, 1.165) is 25.7 Å². The molecule has 0 saturated heterocycles. The van der Waals surface area contributed by atoms with Crippen LogP contribution in [-0.2, 0) is 14.3 Å². The summed E-state index contributed by atoms with van der Waals surface area (Å²) in [5.74, 6) is -0.396. The van der Waals surface area contributed by atoms with E-state index in [1.165, 1.54) is 4.90 Å². The van der Waals surface area contributed by atoms with Crippen LogP contribution < -0.4 is 34.0 Å². The smallest absolute Gasteiger partial charge is 0.410 e. The number of ether oxygens (including phenoxy) is 2. The van der Waals surface area contributed by atoms with Crippen LogP contribution in [0.5, 0.6) is 0 Å².